The Hall–Kier alpha value is -2.95. The fraction of sp³-hybridized carbons (Fsp3) is 0.250. The molecule has 0 unspecified atom stereocenters. The number of likely N-dealkylation sites (N-methyl/N-ethyl adjacent to an activating group) is 1. The first-order chi connectivity index (χ1) is 11.9. The van der Waals surface area contributed by atoms with Gasteiger partial charge >= 0.3 is 5.97 Å². The first kappa shape index (κ1) is 16.9. The molecule has 0 saturated carbocycles. The van der Waals surface area contributed by atoms with Gasteiger partial charge in [0.15, 0.2) is 12.4 Å². The van der Waals surface area contributed by atoms with E-state index in [1.165, 1.54) is 11.8 Å². The van der Waals surface area contributed by atoms with Gasteiger partial charge in [-0.05, 0) is 23.8 Å². The van der Waals surface area contributed by atoms with Crippen LogP contribution >= 0.6 is 0 Å². The molecule has 0 N–H and O–H groups in total. The van der Waals surface area contributed by atoms with Crippen LogP contribution in [0.5, 0.6) is 0 Å². The van der Waals surface area contributed by atoms with E-state index in [-0.39, 0.29) is 17.8 Å². The number of fused-ring (bicyclic) bond motifs is 1. The van der Waals surface area contributed by atoms with Crippen molar-refractivity contribution < 1.29 is 14.3 Å². The van der Waals surface area contributed by atoms with Gasteiger partial charge in [0.2, 0.25) is 0 Å². The van der Waals surface area contributed by atoms with Gasteiger partial charge in [0, 0.05) is 42.3 Å². The van der Waals surface area contributed by atoms with Gasteiger partial charge in [0.25, 0.3) is 0 Å². The minimum atomic E-state index is -0.554. The number of allylic oxidation sites excluding steroid dienone is 1. The lowest BCUT2D eigenvalue weighted by Crippen LogP contribution is -2.25. The third-order valence-electron chi connectivity index (χ3n) is 4.48. The lowest BCUT2D eigenvalue weighted by Gasteiger charge is -2.23. The van der Waals surface area contributed by atoms with Gasteiger partial charge in [0.05, 0.1) is 5.56 Å². The summed E-state index contributed by atoms with van der Waals surface area (Å²) >= 11 is 0. The van der Waals surface area contributed by atoms with Gasteiger partial charge in [-0.25, -0.2) is 4.79 Å². The summed E-state index contributed by atoms with van der Waals surface area (Å²) in [7, 11) is 1.94. The Bertz CT molecular complexity index is 841. The second-order valence-corrected chi connectivity index (χ2v) is 6.51. The number of esters is 1. The maximum Gasteiger partial charge on any atom is 0.340 e. The average Bonchev–Trinajstić information content (AvgIpc) is 2.82. The molecular weight excluding hydrogens is 316 g/mol. The molecule has 2 heterocycles. The zero-order chi connectivity index (χ0) is 18.0. The fourth-order valence-electron chi connectivity index (χ4n) is 3.16. The first-order valence-electron chi connectivity index (χ1n) is 8.06. The van der Waals surface area contributed by atoms with Crippen molar-refractivity contribution in [3.05, 3.63) is 71.7 Å². The largest absolute Gasteiger partial charge is 0.454 e. The predicted octanol–water partition coefficient (Wildman–Crippen LogP) is 3.12. The van der Waals surface area contributed by atoms with Gasteiger partial charge in [-0.3, -0.25) is 9.78 Å². The molecule has 0 spiro atoms. The SMILES string of the molecule is CN1/C(=C\C(=O)COC(=O)c2cccnc2)C(C)(C)c2ccccc21. The Kier molecular flexibility index (Phi) is 4.40. The van der Waals surface area contributed by atoms with Crippen LogP contribution in [-0.4, -0.2) is 30.4 Å². The van der Waals surface area contributed by atoms with Gasteiger partial charge in [0.1, 0.15) is 0 Å². The minimum Gasteiger partial charge on any atom is -0.454 e. The van der Waals surface area contributed by atoms with Gasteiger partial charge in [-0.15, -0.1) is 0 Å². The van der Waals surface area contributed by atoms with Crippen molar-refractivity contribution >= 4 is 17.4 Å². The molecule has 1 aromatic heterocycles. The van der Waals surface area contributed by atoms with E-state index in [2.05, 4.69) is 24.9 Å². The lowest BCUT2D eigenvalue weighted by atomic mass is 9.83. The number of nitrogens with zero attached hydrogens (tertiary/aromatic N) is 2. The number of carbonyl (C=O) groups excluding carboxylic acids is 2. The van der Waals surface area contributed by atoms with Crippen molar-refractivity contribution in [1.82, 2.24) is 4.98 Å². The van der Waals surface area contributed by atoms with Crippen LogP contribution in [0, 0.1) is 0 Å². The van der Waals surface area contributed by atoms with Crippen LogP contribution in [0.15, 0.2) is 60.6 Å². The molecule has 2 aromatic rings. The van der Waals surface area contributed by atoms with Gasteiger partial charge in [-0.1, -0.05) is 32.0 Å². The number of pyridine rings is 1. The van der Waals surface area contributed by atoms with Crippen molar-refractivity contribution in [2.75, 3.05) is 18.6 Å². The van der Waals surface area contributed by atoms with E-state index >= 15 is 0 Å². The highest BCUT2D eigenvalue weighted by atomic mass is 16.5. The van der Waals surface area contributed by atoms with E-state index in [1.807, 2.05) is 30.1 Å². The Morgan fingerprint density at radius 1 is 1.20 bits per heavy atom. The normalized spacial score (nSPS) is 16.6. The van der Waals surface area contributed by atoms with Gasteiger partial charge in [-0.2, -0.15) is 0 Å². The molecule has 0 amide bonds. The molecule has 25 heavy (non-hydrogen) atoms. The number of ether oxygens (including phenoxy) is 1. The Balaban J connectivity index is 1.73. The minimum absolute atomic E-state index is 0.250. The highest BCUT2D eigenvalue weighted by molar-refractivity contribution is 5.96. The molecule has 0 atom stereocenters. The molecule has 1 aromatic carbocycles. The van der Waals surface area contributed by atoms with Crippen molar-refractivity contribution in [2.24, 2.45) is 0 Å². The molecule has 1 aliphatic rings. The zero-order valence-electron chi connectivity index (χ0n) is 14.5. The standard InChI is InChI=1S/C20H20N2O3/c1-20(2)16-8-4-5-9-17(16)22(3)18(20)11-15(23)13-25-19(24)14-7-6-10-21-12-14/h4-12H,13H2,1-3H3/b18-11-. The van der Waals surface area contributed by atoms with Crippen LogP contribution < -0.4 is 4.90 Å². The maximum absolute atomic E-state index is 12.3. The van der Waals surface area contributed by atoms with Crippen LogP contribution in [0.1, 0.15) is 29.8 Å². The molecule has 5 nitrogen and oxygen atoms in total. The second kappa shape index (κ2) is 6.51. The number of hydrogen-bond acceptors (Lipinski definition) is 5. The molecule has 0 aliphatic carbocycles. The summed E-state index contributed by atoms with van der Waals surface area (Å²) in [5.74, 6) is -0.804. The molecule has 0 saturated heterocycles. The topological polar surface area (TPSA) is 59.5 Å². The molecule has 5 heteroatoms. The third kappa shape index (κ3) is 3.18. The smallest absolute Gasteiger partial charge is 0.340 e. The Labute approximate surface area is 146 Å². The maximum atomic E-state index is 12.3. The molecular formula is C20H20N2O3. The molecule has 0 fully saturated rings. The second-order valence-electron chi connectivity index (χ2n) is 6.51. The number of aromatic nitrogens is 1. The van der Waals surface area contributed by atoms with E-state index in [0.29, 0.717) is 5.56 Å². The van der Waals surface area contributed by atoms with Crippen molar-refractivity contribution in [2.45, 2.75) is 19.3 Å². The van der Waals surface area contributed by atoms with Gasteiger partial charge < -0.3 is 9.64 Å². The Morgan fingerprint density at radius 3 is 2.64 bits per heavy atom. The quantitative estimate of drug-likeness (QED) is 0.634. The number of anilines is 1. The Morgan fingerprint density at radius 2 is 1.96 bits per heavy atom. The molecule has 0 bridgehead atoms. The average molecular weight is 336 g/mol. The lowest BCUT2D eigenvalue weighted by molar-refractivity contribution is -0.117. The van der Waals surface area contributed by atoms with E-state index < -0.39 is 5.97 Å². The first-order valence-corrected chi connectivity index (χ1v) is 8.06. The number of hydrogen-bond donors (Lipinski definition) is 0. The summed E-state index contributed by atoms with van der Waals surface area (Å²) < 4.78 is 5.09. The molecule has 1 aliphatic heterocycles. The summed E-state index contributed by atoms with van der Waals surface area (Å²) in [5.41, 5.74) is 3.18. The fourth-order valence-corrected chi connectivity index (χ4v) is 3.16. The van der Waals surface area contributed by atoms with Crippen LogP contribution in [0.3, 0.4) is 0 Å². The van der Waals surface area contributed by atoms with E-state index in [4.69, 9.17) is 4.74 Å². The number of para-hydroxylation sites is 1. The predicted molar refractivity (Wildman–Crippen MR) is 95.5 cm³/mol. The van der Waals surface area contributed by atoms with Crippen molar-refractivity contribution in [1.29, 1.82) is 0 Å². The monoisotopic (exact) mass is 336 g/mol. The molecule has 128 valence electrons. The summed E-state index contributed by atoms with van der Waals surface area (Å²) in [6.07, 6.45) is 4.55. The van der Waals surface area contributed by atoms with E-state index in [9.17, 15) is 9.59 Å². The summed E-state index contributed by atoms with van der Waals surface area (Å²) in [5, 5.41) is 0. The third-order valence-corrected chi connectivity index (χ3v) is 4.48. The molecule has 3 rings (SSSR count). The van der Waals surface area contributed by atoms with Crippen LogP contribution in [0.4, 0.5) is 5.69 Å². The van der Waals surface area contributed by atoms with Crippen LogP contribution in [0.25, 0.3) is 0 Å². The number of benzene rings is 1. The van der Waals surface area contributed by atoms with E-state index in [1.54, 1.807) is 24.4 Å². The number of rotatable bonds is 4. The number of ketones is 1. The van der Waals surface area contributed by atoms with Crippen LogP contribution in [-0.2, 0) is 14.9 Å². The number of carbonyl (C=O) groups is 2. The highest BCUT2D eigenvalue weighted by Crippen LogP contribution is 2.46. The van der Waals surface area contributed by atoms with Crippen LogP contribution in [0.2, 0.25) is 0 Å². The zero-order valence-corrected chi connectivity index (χ0v) is 14.5. The van der Waals surface area contributed by atoms with Crippen molar-refractivity contribution in [3.63, 3.8) is 0 Å². The highest BCUT2D eigenvalue weighted by Gasteiger charge is 2.38. The summed E-state index contributed by atoms with van der Waals surface area (Å²) in [4.78, 5) is 30.1. The van der Waals surface area contributed by atoms with E-state index in [0.717, 1.165) is 11.4 Å². The summed E-state index contributed by atoms with van der Waals surface area (Å²) in [6, 6.07) is 11.3. The van der Waals surface area contributed by atoms with Crippen molar-refractivity contribution in [3.8, 4) is 0 Å². The summed E-state index contributed by atoms with van der Waals surface area (Å²) in [6.45, 7) is 3.86. The molecule has 0 radical (unpaired) electrons.